The highest BCUT2D eigenvalue weighted by Gasteiger charge is 2.29. The van der Waals surface area contributed by atoms with Crippen molar-refractivity contribution in [2.24, 2.45) is 5.73 Å². The molecule has 3 amide bonds. The van der Waals surface area contributed by atoms with Gasteiger partial charge in [0.15, 0.2) is 0 Å². The first-order chi connectivity index (χ1) is 17.7. The lowest BCUT2D eigenvalue weighted by molar-refractivity contribution is -0.142. The number of H-pyrrole nitrogens is 1. The van der Waals surface area contributed by atoms with Crippen LogP contribution in [0.25, 0.3) is 10.9 Å². The van der Waals surface area contributed by atoms with Crippen molar-refractivity contribution in [3.8, 4) is 5.75 Å². The molecule has 0 fully saturated rings. The second-order valence-electron chi connectivity index (χ2n) is 8.40. The molecule has 37 heavy (non-hydrogen) atoms. The monoisotopic (exact) mass is 527 g/mol. The molecule has 196 valence electrons. The molecule has 2 aromatic carbocycles. The van der Waals surface area contributed by atoms with Gasteiger partial charge in [0.05, 0.1) is 6.54 Å². The van der Waals surface area contributed by atoms with Crippen molar-refractivity contribution in [2.75, 3.05) is 12.3 Å². The van der Waals surface area contributed by atoms with E-state index in [2.05, 4.69) is 33.6 Å². The number of carboxylic acid groups (broad SMARTS) is 1. The number of thiol groups is 1. The molecule has 0 aliphatic carbocycles. The van der Waals surface area contributed by atoms with Crippen molar-refractivity contribution in [3.63, 3.8) is 0 Å². The fourth-order valence-corrected chi connectivity index (χ4v) is 4.05. The predicted molar refractivity (Wildman–Crippen MR) is 140 cm³/mol. The molecular formula is C25H29N5O6S. The van der Waals surface area contributed by atoms with E-state index in [9.17, 15) is 29.4 Å². The van der Waals surface area contributed by atoms with Crippen molar-refractivity contribution in [1.82, 2.24) is 20.9 Å². The van der Waals surface area contributed by atoms with Gasteiger partial charge in [-0.05, 0) is 29.3 Å². The summed E-state index contributed by atoms with van der Waals surface area (Å²) < 4.78 is 0. The predicted octanol–water partition coefficient (Wildman–Crippen LogP) is 0.0862. The van der Waals surface area contributed by atoms with E-state index in [1.165, 1.54) is 12.1 Å². The van der Waals surface area contributed by atoms with Crippen molar-refractivity contribution >= 4 is 47.2 Å². The number of fused-ring (bicyclic) bond motifs is 1. The molecule has 8 N–H and O–H groups in total. The first kappa shape index (κ1) is 27.6. The van der Waals surface area contributed by atoms with Crippen LogP contribution in [0.15, 0.2) is 54.7 Å². The summed E-state index contributed by atoms with van der Waals surface area (Å²) in [6, 6.07) is 9.97. The Hall–Kier alpha value is -4.03. The number of hydrogen-bond acceptors (Lipinski definition) is 7. The molecule has 0 radical (unpaired) electrons. The summed E-state index contributed by atoms with van der Waals surface area (Å²) in [7, 11) is 0. The number of carbonyl (C=O) groups excluding carboxylic acids is 3. The Balaban J connectivity index is 1.70. The lowest BCUT2D eigenvalue weighted by atomic mass is 10.0. The molecule has 1 heterocycles. The second-order valence-corrected chi connectivity index (χ2v) is 8.77. The number of amides is 3. The molecule has 0 aliphatic heterocycles. The van der Waals surface area contributed by atoms with Crippen LogP contribution >= 0.6 is 12.6 Å². The number of para-hydroxylation sites is 1. The van der Waals surface area contributed by atoms with Gasteiger partial charge in [-0.15, -0.1) is 0 Å². The molecule has 0 aliphatic rings. The molecule has 3 atom stereocenters. The number of phenols is 1. The van der Waals surface area contributed by atoms with Gasteiger partial charge in [-0.1, -0.05) is 30.3 Å². The summed E-state index contributed by atoms with van der Waals surface area (Å²) in [5.74, 6) is -3.29. The Bertz CT molecular complexity index is 1260. The molecule has 0 saturated carbocycles. The van der Waals surface area contributed by atoms with Crippen LogP contribution in [-0.2, 0) is 32.0 Å². The molecule has 11 nitrogen and oxygen atoms in total. The van der Waals surface area contributed by atoms with Crippen LogP contribution in [0.5, 0.6) is 5.75 Å². The Morgan fingerprint density at radius 2 is 1.54 bits per heavy atom. The summed E-state index contributed by atoms with van der Waals surface area (Å²) in [5.41, 5.74) is 7.57. The average molecular weight is 528 g/mol. The fraction of sp³-hybridized carbons (Fsp3) is 0.280. The minimum Gasteiger partial charge on any atom is -0.508 e. The van der Waals surface area contributed by atoms with Gasteiger partial charge in [-0.25, -0.2) is 4.79 Å². The lowest BCUT2D eigenvalue weighted by Gasteiger charge is -2.23. The number of rotatable bonds is 12. The van der Waals surface area contributed by atoms with Gasteiger partial charge in [-0.3, -0.25) is 14.4 Å². The Morgan fingerprint density at radius 3 is 2.19 bits per heavy atom. The van der Waals surface area contributed by atoms with Crippen LogP contribution in [0.3, 0.4) is 0 Å². The maximum atomic E-state index is 13.0. The van der Waals surface area contributed by atoms with Gasteiger partial charge in [0.2, 0.25) is 17.7 Å². The maximum absolute atomic E-state index is 13.0. The van der Waals surface area contributed by atoms with E-state index in [0.717, 1.165) is 10.9 Å². The number of aromatic amines is 1. The zero-order chi connectivity index (χ0) is 26.9. The molecule has 3 unspecified atom stereocenters. The fourth-order valence-electron chi connectivity index (χ4n) is 3.79. The van der Waals surface area contributed by atoms with E-state index in [1.54, 1.807) is 18.3 Å². The van der Waals surface area contributed by atoms with E-state index >= 15 is 0 Å². The van der Waals surface area contributed by atoms with E-state index in [-0.39, 0.29) is 30.9 Å². The van der Waals surface area contributed by atoms with Gasteiger partial charge in [0.1, 0.15) is 23.9 Å². The van der Waals surface area contributed by atoms with Crippen molar-refractivity contribution < 1.29 is 29.4 Å². The standard InChI is InChI=1S/C25H29N5O6S/c26-11-22(32)28-19(9-14-5-7-16(31)8-6-14)23(33)30-21(13-37)24(34)29-20(25(35)36)10-15-12-27-18-4-2-1-3-17(15)18/h1-8,12,19-21,27,31,37H,9-11,13,26H2,(H,28,32)(H,29,34)(H,30,33)(H,35,36). The summed E-state index contributed by atoms with van der Waals surface area (Å²) in [4.78, 5) is 52.8. The summed E-state index contributed by atoms with van der Waals surface area (Å²) in [6.07, 6.45) is 1.78. The molecule has 0 spiro atoms. The van der Waals surface area contributed by atoms with Crippen molar-refractivity contribution in [1.29, 1.82) is 0 Å². The number of carboxylic acids is 1. The molecule has 3 rings (SSSR count). The van der Waals surface area contributed by atoms with Gasteiger partial charge in [0, 0.05) is 35.7 Å². The SMILES string of the molecule is NCC(=O)NC(Cc1ccc(O)cc1)C(=O)NC(CS)C(=O)NC(Cc1c[nH]c2ccccc12)C(=O)O. The molecule has 0 saturated heterocycles. The van der Waals surface area contributed by atoms with E-state index in [4.69, 9.17) is 5.73 Å². The number of nitrogens with two attached hydrogens (primary N) is 1. The first-order valence-electron chi connectivity index (χ1n) is 11.5. The van der Waals surface area contributed by atoms with Gasteiger partial charge in [0.25, 0.3) is 0 Å². The highest BCUT2D eigenvalue weighted by Crippen LogP contribution is 2.19. The van der Waals surface area contributed by atoms with E-state index in [1.807, 2.05) is 24.3 Å². The number of phenolic OH excluding ortho intramolecular Hbond substituents is 1. The van der Waals surface area contributed by atoms with Gasteiger partial charge < -0.3 is 36.9 Å². The molecule has 12 heteroatoms. The number of aliphatic carboxylic acids is 1. The Labute approximate surface area is 218 Å². The summed E-state index contributed by atoms with van der Waals surface area (Å²) in [6.45, 7) is -0.343. The third kappa shape index (κ3) is 7.48. The summed E-state index contributed by atoms with van der Waals surface area (Å²) >= 11 is 4.15. The third-order valence-electron chi connectivity index (χ3n) is 5.74. The Morgan fingerprint density at radius 1 is 0.892 bits per heavy atom. The molecule has 3 aromatic rings. The van der Waals surface area contributed by atoms with Crippen LogP contribution < -0.4 is 21.7 Å². The van der Waals surface area contributed by atoms with Crippen LogP contribution in [0.4, 0.5) is 0 Å². The van der Waals surface area contributed by atoms with Crippen LogP contribution in [-0.4, -0.2) is 69.3 Å². The number of hydrogen-bond donors (Lipinski definition) is 8. The van der Waals surface area contributed by atoms with Crippen LogP contribution in [0.2, 0.25) is 0 Å². The zero-order valence-electron chi connectivity index (χ0n) is 19.8. The molecule has 0 bridgehead atoms. The summed E-state index contributed by atoms with van der Waals surface area (Å²) in [5, 5.41) is 27.6. The maximum Gasteiger partial charge on any atom is 0.326 e. The van der Waals surface area contributed by atoms with Crippen LogP contribution in [0.1, 0.15) is 11.1 Å². The van der Waals surface area contributed by atoms with Crippen molar-refractivity contribution in [3.05, 3.63) is 65.9 Å². The zero-order valence-corrected chi connectivity index (χ0v) is 20.7. The molecule has 1 aromatic heterocycles. The number of carbonyl (C=O) groups is 4. The topological polar surface area (TPSA) is 187 Å². The average Bonchev–Trinajstić information content (AvgIpc) is 3.30. The normalized spacial score (nSPS) is 13.4. The highest BCUT2D eigenvalue weighted by atomic mass is 32.1. The highest BCUT2D eigenvalue weighted by molar-refractivity contribution is 7.80. The molecular weight excluding hydrogens is 498 g/mol. The number of benzene rings is 2. The minimum absolute atomic E-state index is 0.0222. The number of aromatic nitrogens is 1. The van der Waals surface area contributed by atoms with Gasteiger partial charge in [-0.2, -0.15) is 12.6 Å². The first-order valence-corrected chi connectivity index (χ1v) is 12.1. The van der Waals surface area contributed by atoms with E-state index < -0.39 is 41.8 Å². The van der Waals surface area contributed by atoms with E-state index in [0.29, 0.717) is 11.1 Å². The Kier molecular flexibility index (Phi) is 9.52. The number of nitrogens with one attached hydrogen (secondary N) is 4. The van der Waals surface area contributed by atoms with Crippen LogP contribution in [0, 0.1) is 0 Å². The minimum atomic E-state index is -1.25. The third-order valence-corrected chi connectivity index (χ3v) is 6.11. The lowest BCUT2D eigenvalue weighted by Crippen LogP contribution is -2.57. The second kappa shape index (κ2) is 12.8. The van der Waals surface area contributed by atoms with Gasteiger partial charge >= 0.3 is 5.97 Å². The number of aromatic hydroxyl groups is 1. The smallest absolute Gasteiger partial charge is 0.326 e. The largest absolute Gasteiger partial charge is 0.508 e. The quantitative estimate of drug-likeness (QED) is 0.153. The van der Waals surface area contributed by atoms with Crippen molar-refractivity contribution in [2.45, 2.75) is 31.0 Å².